The second-order valence-corrected chi connectivity index (χ2v) is 25.6. The molecule has 2 saturated heterocycles. The SMILES string of the molecule is CCCCN(C(=O)CN1C[C@H](c2cc(OC)c3c(c2)OCO3)[C@@H](C(=O)O)[C@@H]1CCN1CCC(=O)N(C)C1=O)c1cccc(C[I-](C)(C)C)c1. The maximum atomic E-state index is 14.3. The molecule has 3 aliphatic heterocycles. The van der Waals surface area contributed by atoms with Crippen LogP contribution in [0.15, 0.2) is 36.4 Å². The van der Waals surface area contributed by atoms with Crippen LogP contribution < -0.4 is 37.5 Å². The fourth-order valence-corrected chi connectivity index (χ4v) is 10.2. The number of methoxy groups -OCH3 is 1. The van der Waals surface area contributed by atoms with E-state index in [0.29, 0.717) is 36.8 Å². The van der Waals surface area contributed by atoms with E-state index in [9.17, 15) is 24.3 Å². The molecule has 3 atom stereocenters. The molecule has 3 heterocycles. The third kappa shape index (κ3) is 8.42. The maximum absolute atomic E-state index is 14.3. The Morgan fingerprint density at radius 2 is 1.90 bits per heavy atom. The number of rotatable bonds is 14. The molecule has 0 bridgehead atoms. The molecule has 4 amide bonds. The predicted molar refractivity (Wildman–Crippen MR) is 182 cm³/mol. The van der Waals surface area contributed by atoms with Gasteiger partial charge in [-0.05, 0) is 0 Å². The first-order valence-corrected chi connectivity index (χ1v) is 24.7. The van der Waals surface area contributed by atoms with Gasteiger partial charge < -0.3 is 14.2 Å². The Hall–Kier alpha value is -3.59. The van der Waals surface area contributed by atoms with Crippen LogP contribution >= 0.6 is 0 Å². The van der Waals surface area contributed by atoms with E-state index in [1.807, 2.05) is 21.9 Å². The van der Waals surface area contributed by atoms with Crippen molar-refractivity contribution in [3.8, 4) is 17.2 Å². The fourth-order valence-electron chi connectivity index (χ4n) is 7.11. The van der Waals surface area contributed by atoms with Crippen LogP contribution in [0.2, 0.25) is 0 Å². The summed E-state index contributed by atoms with van der Waals surface area (Å²) in [6.07, 6.45) is 2.28. The molecule has 2 fully saturated rings. The van der Waals surface area contributed by atoms with Crippen molar-refractivity contribution < 1.29 is 56.9 Å². The summed E-state index contributed by atoms with van der Waals surface area (Å²) in [6.45, 7) is 3.54. The van der Waals surface area contributed by atoms with Gasteiger partial charge in [-0.25, -0.2) is 4.79 Å². The van der Waals surface area contributed by atoms with Gasteiger partial charge >= 0.3 is 208 Å². The zero-order chi connectivity index (χ0) is 35.5. The molecule has 3 aliphatic rings. The molecule has 0 radical (unpaired) electrons. The van der Waals surface area contributed by atoms with Crippen molar-refractivity contribution in [1.29, 1.82) is 0 Å². The number of unbranched alkanes of at least 4 members (excludes halogenated alkanes) is 1. The van der Waals surface area contributed by atoms with E-state index in [-0.39, 0.29) is 44.7 Å². The molecule has 5 rings (SSSR count). The molecule has 2 aromatic carbocycles. The summed E-state index contributed by atoms with van der Waals surface area (Å²) in [5.74, 6) is -1.28. The van der Waals surface area contributed by atoms with Gasteiger partial charge in [0.1, 0.15) is 0 Å². The van der Waals surface area contributed by atoms with Crippen LogP contribution in [0.5, 0.6) is 17.2 Å². The zero-order valence-electron chi connectivity index (χ0n) is 29.4. The van der Waals surface area contributed by atoms with E-state index in [2.05, 4.69) is 33.8 Å². The van der Waals surface area contributed by atoms with Gasteiger partial charge in [-0.15, -0.1) is 0 Å². The van der Waals surface area contributed by atoms with Gasteiger partial charge in [0, 0.05) is 20.0 Å². The number of ether oxygens (including phenoxy) is 3. The van der Waals surface area contributed by atoms with Crippen molar-refractivity contribution in [2.45, 2.75) is 49.0 Å². The number of benzene rings is 2. The molecule has 12 nitrogen and oxygen atoms in total. The summed E-state index contributed by atoms with van der Waals surface area (Å²) in [7, 11) is 2.99. The minimum atomic E-state index is -1.84. The van der Waals surface area contributed by atoms with Crippen LogP contribution in [0.25, 0.3) is 0 Å². The molecule has 0 aromatic heterocycles. The number of amides is 4. The molecule has 0 saturated carbocycles. The number of alkyl halides is 4. The minimum absolute atomic E-state index is 0.0174. The Kier molecular flexibility index (Phi) is 11.6. The summed E-state index contributed by atoms with van der Waals surface area (Å²) < 4.78 is 17.9. The third-order valence-corrected chi connectivity index (χ3v) is 12.7. The van der Waals surface area contributed by atoms with Crippen molar-refractivity contribution in [2.24, 2.45) is 5.92 Å². The Morgan fingerprint density at radius 3 is 2.59 bits per heavy atom. The van der Waals surface area contributed by atoms with E-state index in [1.54, 1.807) is 17.0 Å². The molecule has 0 unspecified atom stereocenters. The van der Waals surface area contributed by atoms with Crippen LogP contribution in [0, 0.1) is 5.92 Å². The van der Waals surface area contributed by atoms with Gasteiger partial charge in [0.05, 0.1) is 7.11 Å². The number of fused-ring (bicyclic) bond motifs is 1. The van der Waals surface area contributed by atoms with E-state index in [0.717, 1.165) is 33.4 Å². The third-order valence-electron chi connectivity index (χ3n) is 9.52. The van der Waals surface area contributed by atoms with Crippen molar-refractivity contribution in [1.82, 2.24) is 14.7 Å². The standard InChI is InChI=1S/C36H50IN4O8/c1-7-8-14-41(26-11-9-10-24(17-26)20-37(2,3)4)32(43)22-40-21-27(25-18-29(47-6)34-30(19-25)48-23-49-34)33(35(44)45)28(40)12-15-39-16-13-31(42)38(5)36(39)46/h9-11,17-19,27-28,33H,7-8,12-16,20-23H2,1-6H3,(H,44,45)/q-1/t27-,28+,33-/m1/s1. The van der Waals surface area contributed by atoms with Gasteiger partial charge in [0.25, 0.3) is 0 Å². The summed E-state index contributed by atoms with van der Waals surface area (Å²) >= 11 is -1.84. The monoisotopic (exact) mass is 793 g/mol. The van der Waals surface area contributed by atoms with Crippen LogP contribution in [0.1, 0.15) is 49.7 Å². The normalized spacial score (nSPS) is 21.3. The van der Waals surface area contributed by atoms with Crippen LogP contribution in [0.4, 0.5) is 10.5 Å². The molecule has 2 aromatic rings. The number of nitrogens with zero attached hydrogens (tertiary/aromatic N) is 4. The first-order valence-electron chi connectivity index (χ1n) is 16.7. The number of carboxylic acids is 1. The number of hydrogen-bond acceptors (Lipinski definition) is 8. The van der Waals surface area contributed by atoms with Crippen molar-refractivity contribution >= 4 is 29.5 Å². The quantitative estimate of drug-likeness (QED) is 0.220. The second kappa shape index (κ2) is 15.5. The number of aliphatic carboxylic acids is 1. The number of anilines is 1. The number of imide groups is 1. The van der Waals surface area contributed by atoms with Gasteiger partial charge in [-0.1, -0.05) is 0 Å². The number of hydrogen-bond donors (Lipinski definition) is 1. The first kappa shape index (κ1) is 36.7. The molecule has 1 N–H and O–H groups in total. The zero-order valence-corrected chi connectivity index (χ0v) is 31.6. The van der Waals surface area contributed by atoms with Gasteiger partial charge in [0.15, 0.2) is 11.5 Å². The Morgan fingerprint density at radius 1 is 1.12 bits per heavy atom. The average molecular weight is 794 g/mol. The second-order valence-electron chi connectivity index (χ2n) is 13.8. The predicted octanol–water partition coefficient (Wildman–Crippen LogP) is 0.950. The number of urea groups is 1. The number of halogens is 1. The van der Waals surface area contributed by atoms with Gasteiger partial charge in [0.2, 0.25) is 18.4 Å². The number of carbonyl (C=O) groups excluding carboxylic acids is 3. The molecule has 0 aliphatic carbocycles. The van der Waals surface area contributed by atoms with E-state index in [4.69, 9.17) is 14.2 Å². The van der Waals surface area contributed by atoms with Crippen molar-refractivity contribution in [3.05, 3.63) is 47.5 Å². The van der Waals surface area contributed by atoms with Crippen molar-refractivity contribution in [3.63, 3.8) is 0 Å². The Balaban J connectivity index is 1.47. The Labute approximate surface area is 293 Å². The van der Waals surface area contributed by atoms with Crippen LogP contribution in [-0.4, -0.2) is 118 Å². The van der Waals surface area contributed by atoms with E-state index in [1.165, 1.54) is 19.7 Å². The van der Waals surface area contributed by atoms with Crippen LogP contribution in [-0.2, 0) is 18.8 Å². The van der Waals surface area contributed by atoms with Gasteiger partial charge in [-0.3, -0.25) is 9.69 Å². The molecular weight excluding hydrogens is 743 g/mol. The molecule has 0 spiro atoms. The van der Waals surface area contributed by atoms with E-state index < -0.39 is 48.3 Å². The molecular formula is C36H50IN4O8-. The number of carbonyl (C=O) groups is 4. The number of likely N-dealkylation sites (tertiary alicyclic amines) is 1. The van der Waals surface area contributed by atoms with E-state index >= 15 is 0 Å². The number of carboxylic acid groups (broad SMARTS) is 1. The van der Waals surface area contributed by atoms with Gasteiger partial charge in [-0.2, -0.15) is 0 Å². The Bertz CT molecular complexity index is 1560. The fraction of sp³-hybridized carbons (Fsp3) is 0.556. The molecule has 49 heavy (non-hydrogen) atoms. The summed E-state index contributed by atoms with van der Waals surface area (Å²) in [5.41, 5.74) is 2.80. The summed E-state index contributed by atoms with van der Waals surface area (Å²) in [4.78, 5) is 66.2. The first-order chi connectivity index (χ1) is 23.3. The summed E-state index contributed by atoms with van der Waals surface area (Å²) in [5, 5.41) is 10.7. The molecule has 13 heteroatoms. The topological polar surface area (TPSA) is 129 Å². The summed E-state index contributed by atoms with van der Waals surface area (Å²) in [6, 6.07) is 10.9. The van der Waals surface area contributed by atoms with Crippen LogP contribution in [0.3, 0.4) is 0 Å². The average Bonchev–Trinajstić information content (AvgIpc) is 3.67. The van der Waals surface area contributed by atoms with Crippen molar-refractivity contribution in [2.75, 3.05) is 73.4 Å². The molecule has 270 valence electrons.